The Morgan fingerprint density at radius 3 is 2.75 bits per heavy atom. The number of imidazole rings is 1. The molecular weight excluding hydrogens is 418 g/mol. The van der Waals surface area contributed by atoms with E-state index in [2.05, 4.69) is 54.3 Å². The summed E-state index contributed by atoms with van der Waals surface area (Å²) in [6, 6.07) is 0.403. The number of aliphatic hydroxyl groups is 2. The number of aryl methyl sites for hydroxylation is 1. The third-order valence-corrected chi connectivity index (χ3v) is 6.13. The second kappa shape index (κ2) is 7.88. The number of nitrogens with zero attached hydrogens (tertiary/aromatic N) is 10. The largest absolute Gasteiger partial charge is 0.387 e. The van der Waals surface area contributed by atoms with Crippen LogP contribution in [-0.4, -0.2) is 100 Å². The SMILES string of the molecule is CCn1nnc([C@H]2O[C@@H](n3cnc4c(N)nc(N5CC[C@@H](N(C)C)C5)nc43)[C@H](O)[C@@H]2O)n1. The van der Waals surface area contributed by atoms with Gasteiger partial charge in [0.2, 0.25) is 11.8 Å². The van der Waals surface area contributed by atoms with E-state index in [4.69, 9.17) is 10.5 Å². The molecule has 0 unspecified atom stereocenters. The minimum Gasteiger partial charge on any atom is -0.387 e. The van der Waals surface area contributed by atoms with Crippen LogP contribution in [0.15, 0.2) is 6.33 Å². The van der Waals surface area contributed by atoms with Gasteiger partial charge in [0.1, 0.15) is 17.7 Å². The van der Waals surface area contributed by atoms with Crippen LogP contribution in [0.5, 0.6) is 0 Å². The van der Waals surface area contributed by atoms with Crippen LogP contribution in [0.3, 0.4) is 0 Å². The fourth-order valence-electron chi connectivity index (χ4n) is 4.21. The number of hydrogen-bond donors (Lipinski definition) is 3. The molecule has 2 fully saturated rings. The van der Waals surface area contributed by atoms with Crippen molar-refractivity contribution in [3.8, 4) is 0 Å². The molecule has 0 aromatic carbocycles. The molecule has 172 valence electrons. The normalized spacial score (nSPS) is 28.4. The van der Waals surface area contributed by atoms with Crippen LogP contribution < -0.4 is 10.6 Å². The maximum Gasteiger partial charge on any atom is 0.229 e. The lowest BCUT2D eigenvalue weighted by Crippen LogP contribution is -2.32. The molecular formula is C18H27N11O3. The highest BCUT2D eigenvalue weighted by atomic mass is 16.6. The Bertz CT molecular complexity index is 1110. The summed E-state index contributed by atoms with van der Waals surface area (Å²) >= 11 is 0. The molecule has 0 aliphatic carbocycles. The third-order valence-electron chi connectivity index (χ3n) is 6.13. The molecule has 3 aromatic rings. The fourth-order valence-corrected chi connectivity index (χ4v) is 4.21. The molecule has 2 aliphatic rings. The van der Waals surface area contributed by atoms with Gasteiger partial charge in [-0.05, 0) is 32.7 Å². The standard InChI is InChI=1S/C18H27N11O3/c1-4-29-24-15(23-25-29)13-11(30)12(31)17(32-13)28-8-20-10-14(19)21-18(22-16(10)28)27-6-5-9(7-27)26(2)3/h8-9,11-13,17,30-31H,4-7H2,1-3H3,(H2,19,21,22)/t9-,11+,12-,13+,17-/m1/s1. The molecule has 5 atom stereocenters. The lowest BCUT2D eigenvalue weighted by Gasteiger charge is -2.21. The summed E-state index contributed by atoms with van der Waals surface area (Å²) in [4.78, 5) is 19.1. The number of ether oxygens (including phenoxy) is 1. The van der Waals surface area contributed by atoms with Crippen LogP contribution in [-0.2, 0) is 11.3 Å². The summed E-state index contributed by atoms with van der Waals surface area (Å²) in [5.74, 6) is 0.944. The molecule has 4 N–H and O–H groups in total. The van der Waals surface area contributed by atoms with Gasteiger partial charge in [0.05, 0.1) is 12.9 Å². The molecule has 0 radical (unpaired) electrons. The van der Waals surface area contributed by atoms with E-state index in [1.54, 1.807) is 4.57 Å². The van der Waals surface area contributed by atoms with E-state index in [1.165, 1.54) is 11.1 Å². The van der Waals surface area contributed by atoms with Gasteiger partial charge < -0.3 is 30.5 Å². The molecule has 0 saturated carbocycles. The quantitative estimate of drug-likeness (QED) is 0.418. The second-order valence-corrected chi connectivity index (χ2v) is 8.35. The Kier molecular flexibility index (Phi) is 5.16. The van der Waals surface area contributed by atoms with E-state index in [0.717, 1.165) is 19.5 Å². The topological polar surface area (TPSA) is 169 Å². The summed E-state index contributed by atoms with van der Waals surface area (Å²) in [5.41, 5.74) is 7.00. The first-order valence-corrected chi connectivity index (χ1v) is 10.6. The third kappa shape index (κ3) is 3.35. The van der Waals surface area contributed by atoms with E-state index >= 15 is 0 Å². The molecule has 32 heavy (non-hydrogen) atoms. The Morgan fingerprint density at radius 1 is 1.25 bits per heavy atom. The highest BCUT2D eigenvalue weighted by Gasteiger charge is 2.47. The number of aromatic nitrogens is 8. The van der Waals surface area contributed by atoms with Gasteiger partial charge in [-0.1, -0.05) is 0 Å². The molecule has 5 heterocycles. The number of fused-ring (bicyclic) bond motifs is 1. The van der Waals surface area contributed by atoms with Gasteiger partial charge in [0, 0.05) is 19.1 Å². The van der Waals surface area contributed by atoms with Gasteiger partial charge in [0.15, 0.2) is 23.8 Å². The van der Waals surface area contributed by atoms with Crippen LogP contribution >= 0.6 is 0 Å². The van der Waals surface area contributed by atoms with Crippen molar-refractivity contribution in [2.24, 2.45) is 0 Å². The van der Waals surface area contributed by atoms with Crippen molar-refractivity contribution in [2.75, 3.05) is 37.8 Å². The summed E-state index contributed by atoms with van der Waals surface area (Å²) in [6.45, 7) is 3.99. The lowest BCUT2D eigenvalue weighted by atomic mass is 10.1. The smallest absolute Gasteiger partial charge is 0.229 e. The van der Waals surface area contributed by atoms with E-state index in [9.17, 15) is 10.2 Å². The van der Waals surface area contributed by atoms with Gasteiger partial charge in [0.25, 0.3) is 0 Å². The van der Waals surface area contributed by atoms with E-state index < -0.39 is 24.5 Å². The Hall–Kier alpha value is -2.94. The number of aliphatic hydroxyl groups excluding tert-OH is 2. The van der Waals surface area contributed by atoms with Crippen molar-refractivity contribution in [1.82, 2.24) is 44.6 Å². The number of anilines is 2. The second-order valence-electron chi connectivity index (χ2n) is 8.35. The highest BCUT2D eigenvalue weighted by Crippen LogP contribution is 2.39. The van der Waals surface area contributed by atoms with Crippen molar-refractivity contribution >= 4 is 22.9 Å². The number of rotatable bonds is 5. The van der Waals surface area contributed by atoms with E-state index in [1.807, 2.05) is 6.92 Å². The first kappa shape index (κ1) is 20.9. The van der Waals surface area contributed by atoms with Crippen LogP contribution in [0.1, 0.15) is 31.5 Å². The molecule has 14 heteroatoms. The van der Waals surface area contributed by atoms with Crippen molar-refractivity contribution in [2.45, 2.75) is 50.5 Å². The average molecular weight is 445 g/mol. The van der Waals surface area contributed by atoms with Gasteiger partial charge >= 0.3 is 0 Å². The Balaban J connectivity index is 1.47. The molecule has 0 spiro atoms. The molecule has 2 aliphatic heterocycles. The Labute approximate surface area is 183 Å². The number of nitrogens with two attached hydrogens (primary N) is 1. The number of nitrogen functional groups attached to an aromatic ring is 1. The molecule has 3 aromatic heterocycles. The molecule has 0 amide bonds. The van der Waals surface area contributed by atoms with Gasteiger partial charge in [-0.3, -0.25) is 4.57 Å². The van der Waals surface area contributed by atoms with E-state index in [-0.39, 0.29) is 11.6 Å². The molecule has 5 rings (SSSR count). The molecule has 14 nitrogen and oxygen atoms in total. The first-order chi connectivity index (χ1) is 15.4. The van der Waals surface area contributed by atoms with Crippen molar-refractivity contribution < 1.29 is 14.9 Å². The van der Waals surface area contributed by atoms with Crippen LogP contribution in [0.25, 0.3) is 11.2 Å². The number of tetrazole rings is 1. The van der Waals surface area contributed by atoms with Gasteiger partial charge in [-0.2, -0.15) is 14.8 Å². The zero-order chi connectivity index (χ0) is 22.6. The lowest BCUT2D eigenvalue weighted by molar-refractivity contribution is -0.0384. The van der Waals surface area contributed by atoms with Gasteiger partial charge in [-0.25, -0.2) is 4.98 Å². The summed E-state index contributed by atoms with van der Waals surface area (Å²) in [6.07, 6.45) is -1.92. The first-order valence-electron chi connectivity index (χ1n) is 10.6. The van der Waals surface area contributed by atoms with Crippen LogP contribution in [0, 0.1) is 0 Å². The van der Waals surface area contributed by atoms with Crippen molar-refractivity contribution in [3.05, 3.63) is 12.2 Å². The minimum absolute atomic E-state index is 0.201. The molecule has 2 saturated heterocycles. The van der Waals surface area contributed by atoms with Crippen LogP contribution in [0.4, 0.5) is 11.8 Å². The zero-order valence-corrected chi connectivity index (χ0v) is 18.1. The average Bonchev–Trinajstić information content (AvgIpc) is 3.55. The highest BCUT2D eigenvalue weighted by molar-refractivity contribution is 5.83. The van der Waals surface area contributed by atoms with E-state index in [0.29, 0.717) is 29.7 Å². The summed E-state index contributed by atoms with van der Waals surface area (Å²) < 4.78 is 7.52. The van der Waals surface area contributed by atoms with Crippen molar-refractivity contribution in [1.29, 1.82) is 0 Å². The predicted molar refractivity (Wildman–Crippen MR) is 112 cm³/mol. The predicted octanol–water partition coefficient (Wildman–Crippen LogP) is -1.45. The number of hydrogen-bond acceptors (Lipinski definition) is 12. The minimum atomic E-state index is -1.25. The fraction of sp³-hybridized carbons (Fsp3) is 0.667. The number of likely N-dealkylation sites (N-methyl/N-ethyl adjacent to an activating group) is 1. The maximum absolute atomic E-state index is 10.7. The Morgan fingerprint density at radius 2 is 2.06 bits per heavy atom. The summed E-state index contributed by atoms with van der Waals surface area (Å²) in [7, 11) is 4.10. The summed E-state index contributed by atoms with van der Waals surface area (Å²) in [5, 5.41) is 33.4. The van der Waals surface area contributed by atoms with Crippen molar-refractivity contribution in [3.63, 3.8) is 0 Å². The van der Waals surface area contributed by atoms with Gasteiger partial charge in [-0.15, -0.1) is 10.2 Å². The molecule has 0 bridgehead atoms. The maximum atomic E-state index is 10.7. The van der Waals surface area contributed by atoms with Crippen LogP contribution in [0.2, 0.25) is 0 Å². The monoisotopic (exact) mass is 445 g/mol. The zero-order valence-electron chi connectivity index (χ0n) is 18.1.